The lowest BCUT2D eigenvalue weighted by Crippen LogP contribution is -2.07. The molecule has 0 fully saturated rings. The number of anilines is 1. The van der Waals surface area contributed by atoms with E-state index in [-0.39, 0.29) is 6.42 Å². The summed E-state index contributed by atoms with van der Waals surface area (Å²) in [5.41, 5.74) is 1.25. The second-order valence-electron chi connectivity index (χ2n) is 5.36. The van der Waals surface area contributed by atoms with E-state index in [4.69, 9.17) is 9.52 Å². The lowest BCUT2D eigenvalue weighted by atomic mass is 10.1. The number of carbonyl (C=O) groups is 1. The average Bonchev–Trinajstić information content (AvgIpc) is 2.46. The van der Waals surface area contributed by atoms with Gasteiger partial charge in [0, 0.05) is 29.8 Å². The summed E-state index contributed by atoms with van der Waals surface area (Å²) in [7, 11) is 0. The lowest BCUT2D eigenvalue weighted by Gasteiger charge is -2.08. The zero-order chi connectivity index (χ0) is 15.9. The highest BCUT2D eigenvalue weighted by Crippen LogP contribution is 2.21. The van der Waals surface area contributed by atoms with Crippen molar-refractivity contribution in [1.82, 2.24) is 0 Å². The molecule has 1 aromatic carbocycles. The van der Waals surface area contributed by atoms with Gasteiger partial charge in [0.1, 0.15) is 5.58 Å². The van der Waals surface area contributed by atoms with Crippen molar-refractivity contribution in [1.29, 1.82) is 0 Å². The van der Waals surface area contributed by atoms with Crippen molar-refractivity contribution < 1.29 is 14.3 Å². The molecule has 0 amide bonds. The highest BCUT2D eigenvalue weighted by molar-refractivity contribution is 5.86. The van der Waals surface area contributed by atoms with Crippen LogP contribution < -0.4 is 10.9 Å². The predicted octanol–water partition coefficient (Wildman–Crippen LogP) is 3.41. The van der Waals surface area contributed by atoms with Gasteiger partial charge in [0.15, 0.2) is 0 Å². The molecule has 2 rings (SSSR count). The van der Waals surface area contributed by atoms with E-state index in [9.17, 15) is 9.59 Å². The maximum Gasteiger partial charge on any atom is 0.336 e. The predicted molar refractivity (Wildman–Crippen MR) is 86.5 cm³/mol. The Kier molecular flexibility index (Phi) is 5.58. The molecule has 0 unspecified atom stereocenters. The molecule has 0 aliphatic carbocycles. The number of aliphatic carboxylic acids is 1. The zero-order valence-corrected chi connectivity index (χ0v) is 12.7. The molecule has 0 atom stereocenters. The van der Waals surface area contributed by atoms with Gasteiger partial charge in [-0.15, -0.1) is 0 Å². The number of fused-ring (bicyclic) bond motifs is 1. The van der Waals surface area contributed by atoms with Crippen molar-refractivity contribution in [2.45, 2.75) is 39.0 Å². The fraction of sp³-hybridized carbons (Fsp3) is 0.412. The largest absolute Gasteiger partial charge is 0.481 e. The quantitative estimate of drug-likeness (QED) is 0.577. The van der Waals surface area contributed by atoms with Crippen LogP contribution in [0.2, 0.25) is 0 Å². The lowest BCUT2D eigenvalue weighted by molar-refractivity contribution is -0.136. The van der Waals surface area contributed by atoms with E-state index in [0.717, 1.165) is 18.7 Å². The first kappa shape index (κ1) is 16.1. The van der Waals surface area contributed by atoms with Gasteiger partial charge in [0.2, 0.25) is 0 Å². The number of nitrogens with one attached hydrogen (secondary N) is 1. The molecule has 0 bridgehead atoms. The zero-order valence-electron chi connectivity index (χ0n) is 12.7. The van der Waals surface area contributed by atoms with Gasteiger partial charge in [0.25, 0.3) is 0 Å². The van der Waals surface area contributed by atoms with Gasteiger partial charge in [-0.3, -0.25) is 4.79 Å². The molecular formula is C17H21NO4. The van der Waals surface area contributed by atoms with Crippen LogP contribution in [0.5, 0.6) is 0 Å². The molecule has 118 valence electrons. The Morgan fingerprint density at radius 1 is 1.23 bits per heavy atom. The first-order valence-corrected chi connectivity index (χ1v) is 7.62. The number of hydrogen-bond donors (Lipinski definition) is 2. The van der Waals surface area contributed by atoms with Crippen LogP contribution >= 0.6 is 0 Å². The molecular weight excluding hydrogens is 282 g/mol. The fourth-order valence-corrected chi connectivity index (χ4v) is 2.43. The summed E-state index contributed by atoms with van der Waals surface area (Å²) in [6, 6.07) is 6.68. The third-order valence-corrected chi connectivity index (χ3v) is 3.53. The summed E-state index contributed by atoms with van der Waals surface area (Å²) in [6.45, 7) is 3.04. The first-order chi connectivity index (χ1) is 10.6. The minimum atomic E-state index is -0.968. The van der Waals surface area contributed by atoms with Crippen LogP contribution in [0.1, 0.15) is 38.2 Å². The third-order valence-electron chi connectivity index (χ3n) is 3.53. The molecule has 0 saturated heterocycles. The standard InChI is InChI=1S/C17H21NO4/c1-2-3-4-5-8-18-13-6-7-14-12(9-16(19)20)10-17(21)22-15(14)11-13/h6-7,10-11,18H,2-5,8-9H2,1H3,(H,19,20). The Bertz CT molecular complexity index is 705. The molecule has 1 heterocycles. The number of carboxylic acid groups (broad SMARTS) is 1. The Morgan fingerprint density at radius 2 is 2.05 bits per heavy atom. The number of benzene rings is 1. The molecule has 0 radical (unpaired) electrons. The Morgan fingerprint density at radius 3 is 2.77 bits per heavy atom. The summed E-state index contributed by atoms with van der Waals surface area (Å²) in [4.78, 5) is 22.4. The Balaban J connectivity index is 2.16. The number of carboxylic acids is 1. The molecule has 0 aliphatic rings. The molecule has 0 spiro atoms. The smallest absolute Gasteiger partial charge is 0.336 e. The van der Waals surface area contributed by atoms with Crippen molar-refractivity contribution in [3.05, 3.63) is 40.2 Å². The van der Waals surface area contributed by atoms with Crippen LogP contribution in [0, 0.1) is 0 Å². The molecule has 5 heteroatoms. The van der Waals surface area contributed by atoms with Gasteiger partial charge in [-0.1, -0.05) is 26.2 Å². The Labute approximate surface area is 129 Å². The van der Waals surface area contributed by atoms with Gasteiger partial charge in [-0.25, -0.2) is 4.79 Å². The average molecular weight is 303 g/mol. The highest BCUT2D eigenvalue weighted by atomic mass is 16.4. The molecule has 2 aromatic rings. The van der Waals surface area contributed by atoms with Crippen molar-refractivity contribution in [3.63, 3.8) is 0 Å². The first-order valence-electron chi connectivity index (χ1n) is 7.62. The SMILES string of the molecule is CCCCCCNc1ccc2c(CC(=O)O)cc(=O)oc2c1. The van der Waals surface area contributed by atoms with E-state index in [1.54, 1.807) is 12.1 Å². The van der Waals surface area contributed by atoms with Gasteiger partial charge >= 0.3 is 11.6 Å². The Hall–Kier alpha value is -2.30. The number of hydrogen-bond acceptors (Lipinski definition) is 4. The second-order valence-corrected chi connectivity index (χ2v) is 5.36. The number of unbranched alkanes of at least 4 members (excludes halogenated alkanes) is 3. The van der Waals surface area contributed by atoms with E-state index in [1.165, 1.54) is 25.3 Å². The maximum absolute atomic E-state index is 11.5. The van der Waals surface area contributed by atoms with Crippen LogP contribution in [-0.2, 0) is 11.2 Å². The third kappa shape index (κ3) is 4.35. The minimum absolute atomic E-state index is 0.189. The van der Waals surface area contributed by atoms with Gasteiger partial charge < -0.3 is 14.8 Å². The van der Waals surface area contributed by atoms with Crippen molar-refractivity contribution in [2.24, 2.45) is 0 Å². The molecule has 22 heavy (non-hydrogen) atoms. The van der Waals surface area contributed by atoms with Crippen molar-refractivity contribution in [2.75, 3.05) is 11.9 Å². The highest BCUT2D eigenvalue weighted by Gasteiger charge is 2.09. The van der Waals surface area contributed by atoms with Crippen LogP contribution in [0.3, 0.4) is 0 Å². The van der Waals surface area contributed by atoms with Crippen LogP contribution in [0.25, 0.3) is 11.0 Å². The van der Waals surface area contributed by atoms with Crippen molar-refractivity contribution >= 4 is 22.6 Å². The van der Waals surface area contributed by atoms with E-state index in [1.807, 2.05) is 6.07 Å². The van der Waals surface area contributed by atoms with Gasteiger partial charge in [0.05, 0.1) is 6.42 Å². The summed E-state index contributed by atoms with van der Waals surface area (Å²) in [6.07, 6.45) is 4.52. The van der Waals surface area contributed by atoms with E-state index >= 15 is 0 Å². The van der Waals surface area contributed by atoms with Gasteiger partial charge in [-0.2, -0.15) is 0 Å². The molecule has 1 aromatic heterocycles. The summed E-state index contributed by atoms with van der Waals surface area (Å²) in [5, 5.41) is 12.9. The molecule has 0 aliphatic heterocycles. The van der Waals surface area contributed by atoms with Crippen molar-refractivity contribution in [3.8, 4) is 0 Å². The number of rotatable bonds is 8. The topological polar surface area (TPSA) is 79.5 Å². The summed E-state index contributed by atoms with van der Waals surface area (Å²) < 4.78 is 5.18. The van der Waals surface area contributed by atoms with Crippen LogP contribution in [0.15, 0.2) is 33.5 Å². The van der Waals surface area contributed by atoms with Crippen LogP contribution in [0.4, 0.5) is 5.69 Å². The summed E-state index contributed by atoms with van der Waals surface area (Å²) >= 11 is 0. The van der Waals surface area contributed by atoms with E-state index in [2.05, 4.69) is 12.2 Å². The minimum Gasteiger partial charge on any atom is -0.481 e. The van der Waals surface area contributed by atoms with Gasteiger partial charge in [-0.05, 0) is 24.1 Å². The van der Waals surface area contributed by atoms with E-state index < -0.39 is 11.6 Å². The molecule has 0 saturated carbocycles. The second kappa shape index (κ2) is 7.64. The summed E-state index contributed by atoms with van der Waals surface area (Å²) in [5.74, 6) is -0.968. The molecule has 5 nitrogen and oxygen atoms in total. The van der Waals surface area contributed by atoms with E-state index in [0.29, 0.717) is 16.5 Å². The van der Waals surface area contributed by atoms with Crippen LogP contribution in [-0.4, -0.2) is 17.6 Å². The normalized spacial score (nSPS) is 10.8. The fourth-order valence-electron chi connectivity index (χ4n) is 2.43. The monoisotopic (exact) mass is 303 g/mol. The maximum atomic E-state index is 11.5. The molecule has 2 N–H and O–H groups in total.